The van der Waals surface area contributed by atoms with E-state index in [1.54, 1.807) is 0 Å². The molecule has 1 aromatic rings. The molecule has 0 fully saturated rings. The molecule has 1 aromatic heterocycles. The molecule has 0 saturated heterocycles. The number of aliphatic imine (C=N–C) groups is 1. The molecule has 0 spiro atoms. The minimum Gasteiger partial charge on any atom is -0.245 e. The molecule has 1 rings (SSSR count). The summed E-state index contributed by atoms with van der Waals surface area (Å²) in [5.41, 5.74) is 0. The van der Waals surface area contributed by atoms with Gasteiger partial charge in [-0.05, 0) is 0 Å². The first-order valence-corrected chi connectivity index (χ1v) is 2.27. The normalized spacial score (nSPS) is 8.00. The average Bonchev–Trinajstić information content (AvgIpc) is 1.91. The van der Waals surface area contributed by atoms with Crippen molar-refractivity contribution in [2.45, 2.75) is 0 Å². The molecule has 0 atom stereocenters. The summed E-state index contributed by atoms with van der Waals surface area (Å²) < 4.78 is 0. The van der Waals surface area contributed by atoms with Gasteiger partial charge in [0.1, 0.15) is 6.33 Å². The highest BCUT2D eigenvalue weighted by molar-refractivity contribution is 5.43. The minimum atomic E-state index is 0.333. The zero-order valence-corrected chi connectivity index (χ0v) is 4.48. The van der Waals surface area contributed by atoms with E-state index in [4.69, 9.17) is 0 Å². The number of rotatable bonds is 1. The first-order chi connectivity index (χ1) is 4.43. The average molecular weight is 121 g/mol. The van der Waals surface area contributed by atoms with E-state index in [1.165, 1.54) is 24.7 Å². The molecule has 1 heterocycles. The highest BCUT2D eigenvalue weighted by Crippen LogP contribution is 1.99. The van der Waals surface area contributed by atoms with Crippen LogP contribution in [-0.4, -0.2) is 16.0 Å². The predicted molar refractivity (Wildman–Crippen MR) is 29.8 cm³/mol. The molecule has 0 unspecified atom stereocenters. The smallest absolute Gasteiger partial charge is 0.242 e. The number of aromatic nitrogens is 2. The van der Waals surface area contributed by atoms with E-state index in [0.29, 0.717) is 5.82 Å². The maximum atomic E-state index is 9.62. The molecular formula is C5H3N3O. The van der Waals surface area contributed by atoms with Crippen molar-refractivity contribution in [3.8, 4) is 0 Å². The van der Waals surface area contributed by atoms with E-state index < -0.39 is 0 Å². The third-order valence-electron chi connectivity index (χ3n) is 0.727. The highest BCUT2D eigenvalue weighted by Gasteiger charge is 1.82. The van der Waals surface area contributed by atoms with Crippen LogP contribution in [0.1, 0.15) is 0 Å². The molecule has 0 aliphatic carbocycles. The molecule has 0 saturated carbocycles. The van der Waals surface area contributed by atoms with Gasteiger partial charge in [-0.2, -0.15) is 0 Å². The van der Waals surface area contributed by atoms with E-state index >= 15 is 0 Å². The van der Waals surface area contributed by atoms with E-state index in [0.717, 1.165) is 0 Å². The molecule has 4 nitrogen and oxygen atoms in total. The van der Waals surface area contributed by atoms with Crippen molar-refractivity contribution < 1.29 is 4.79 Å². The summed E-state index contributed by atoms with van der Waals surface area (Å²) in [6, 6.07) is 1.52. The zero-order valence-electron chi connectivity index (χ0n) is 4.48. The monoisotopic (exact) mass is 121 g/mol. The maximum absolute atomic E-state index is 9.62. The van der Waals surface area contributed by atoms with Crippen LogP contribution in [0.5, 0.6) is 0 Å². The van der Waals surface area contributed by atoms with Crippen LogP contribution in [0, 0.1) is 0 Å². The Morgan fingerprint density at radius 3 is 3.11 bits per heavy atom. The second-order valence-electron chi connectivity index (χ2n) is 1.27. The van der Waals surface area contributed by atoms with E-state index in [-0.39, 0.29) is 0 Å². The van der Waals surface area contributed by atoms with Crippen LogP contribution in [-0.2, 0) is 4.79 Å². The van der Waals surface area contributed by atoms with Crippen LogP contribution < -0.4 is 0 Å². The van der Waals surface area contributed by atoms with Gasteiger partial charge in [0.25, 0.3) is 0 Å². The lowest BCUT2D eigenvalue weighted by molar-refractivity contribution is 0.565. The Balaban J connectivity index is 2.97. The van der Waals surface area contributed by atoms with Gasteiger partial charge in [-0.25, -0.2) is 14.8 Å². The molecule has 0 amide bonds. The molecule has 9 heavy (non-hydrogen) atoms. The number of nitrogens with zero attached hydrogens (tertiary/aromatic N) is 3. The number of carbonyl (C=O) groups excluding carboxylic acids is 1. The van der Waals surface area contributed by atoms with Gasteiger partial charge in [0.05, 0.1) is 0 Å². The standard InChI is InChI=1S/C5H3N3O/c9-4-8-5-1-2-6-3-7-5/h1-3H. The molecule has 0 bridgehead atoms. The fourth-order valence-corrected chi connectivity index (χ4v) is 0.397. The van der Waals surface area contributed by atoms with Gasteiger partial charge in [0.15, 0.2) is 5.82 Å². The molecule has 0 aromatic carbocycles. The summed E-state index contributed by atoms with van der Waals surface area (Å²) in [7, 11) is 0. The van der Waals surface area contributed by atoms with Crippen LogP contribution in [0.2, 0.25) is 0 Å². The third kappa shape index (κ3) is 1.44. The van der Waals surface area contributed by atoms with Crippen LogP contribution in [0.25, 0.3) is 0 Å². The van der Waals surface area contributed by atoms with Crippen molar-refractivity contribution in [2.75, 3.05) is 0 Å². The van der Waals surface area contributed by atoms with E-state index in [1.807, 2.05) is 0 Å². The van der Waals surface area contributed by atoms with Gasteiger partial charge in [0.2, 0.25) is 6.08 Å². The Kier molecular flexibility index (Phi) is 1.67. The zero-order chi connectivity index (χ0) is 6.53. The largest absolute Gasteiger partial charge is 0.245 e. The van der Waals surface area contributed by atoms with E-state index in [2.05, 4.69) is 15.0 Å². The van der Waals surface area contributed by atoms with Crippen molar-refractivity contribution >= 4 is 11.9 Å². The molecule has 0 aliphatic rings. The SMILES string of the molecule is O=C=Nc1ccncn1. The summed E-state index contributed by atoms with van der Waals surface area (Å²) in [4.78, 5) is 20.1. The topological polar surface area (TPSA) is 55.2 Å². The Morgan fingerprint density at radius 2 is 2.56 bits per heavy atom. The van der Waals surface area contributed by atoms with Gasteiger partial charge in [-0.15, -0.1) is 4.99 Å². The second kappa shape index (κ2) is 2.69. The Labute approximate surface area is 51.3 Å². The van der Waals surface area contributed by atoms with E-state index in [9.17, 15) is 4.79 Å². The van der Waals surface area contributed by atoms with Gasteiger partial charge in [0, 0.05) is 12.3 Å². The van der Waals surface area contributed by atoms with Gasteiger partial charge >= 0.3 is 0 Å². The lowest BCUT2D eigenvalue weighted by Gasteiger charge is -1.81. The second-order valence-corrected chi connectivity index (χ2v) is 1.27. The Morgan fingerprint density at radius 1 is 1.67 bits per heavy atom. The predicted octanol–water partition coefficient (Wildman–Crippen LogP) is 0.444. The number of hydrogen-bond acceptors (Lipinski definition) is 4. The minimum absolute atomic E-state index is 0.333. The fraction of sp³-hybridized carbons (Fsp3) is 0. The molecule has 0 N–H and O–H groups in total. The molecular weight excluding hydrogens is 118 g/mol. The summed E-state index contributed by atoms with van der Waals surface area (Å²) >= 11 is 0. The van der Waals surface area contributed by atoms with Crippen LogP contribution in [0.3, 0.4) is 0 Å². The van der Waals surface area contributed by atoms with Crippen molar-refractivity contribution in [2.24, 2.45) is 4.99 Å². The molecule has 44 valence electrons. The lowest BCUT2D eigenvalue weighted by atomic mass is 10.6. The van der Waals surface area contributed by atoms with Crippen LogP contribution in [0.4, 0.5) is 5.82 Å². The lowest BCUT2D eigenvalue weighted by Crippen LogP contribution is -1.73. The quantitative estimate of drug-likeness (QED) is 0.400. The molecule has 4 heteroatoms. The summed E-state index contributed by atoms with van der Waals surface area (Å²) in [5, 5.41) is 0. The summed E-state index contributed by atoms with van der Waals surface area (Å²) in [6.07, 6.45) is 4.19. The fourth-order valence-electron chi connectivity index (χ4n) is 0.397. The molecule has 0 aliphatic heterocycles. The molecule has 0 radical (unpaired) electrons. The number of hydrogen-bond donors (Lipinski definition) is 0. The van der Waals surface area contributed by atoms with Crippen molar-refractivity contribution in [1.29, 1.82) is 0 Å². The summed E-state index contributed by atoms with van der Waals surface area (Å²) in [5.74, 6) is 0.333. The third-order valence-corrected chi connectivity index (χ3v) is 0.727. The maximum Gasteiger partial charge on any atom is 0.242 e. The van der Waals surface area contributed by atoms with Crippen LogP contribution >= 0.6 is 0 Å². The van der Waals surface area contributed by atoms with Gasteiger partial charge in [-0.3, -0.25) is 0 Å². The highest BCUT2D eigenvalue weighted by atomic mass is 16.1. The summed E-state index contributed by atoms with van der Waals surface area (Å²) in [6.45, 7) is 0. The van der Waals surface area contributed by atoms with Gasteiger partial charge in [-0.1, -0.05) is 0 Å². The van der Waals surface area contributed by atoms with Crippen molar-refractivity contribution in [3.63, 3.8) is 0 Å². The van der Waals surface area contributed by atoms with Crippen molar-refractivity contribution in [1.82, 2.24) is 9.97 Å². The Bertz CT molecular complexity index is 227. The first-order valence-electron chi connectivity index (χ1n) is 2.27. The number of isocyanates is 1. The van der Waals surface area contributed by atoms with Gasteiger partial charge < -0.3 is 0 Å². The first kappa shape index (κ1) is 5.59. The van der Waals surface area contributed by atoms with Crippen LogP contribution in [0.15, 0.2) is 23.6 Å². The Hall–Kier alpha value is -1.54. The van der Waals surface area contributed by atoms with Crippen molar-refractivity contribution in [3.05, 3.63) is 18.6 Å².